The van der Waals surface area contributed by atoms with Crippen molar-refractivity contribution in [2.45, 2.75) is 85.5 Å². The van der Waals surface area contributed by atoms with Crippen LogP contribution in [0.2, 0.25) is 0 Å². The molecule has 21 heavy (non-hydrogen) atoms. The predicted octanol–water partition coefficient (Wildman–Crippen LogP) is 6.41. The van der Waals surface area contributed by atoms with E-state index >= 15 is 0 Å². The molecule has 0 aliphatic heterocycles. The molecule has 0 aliphatic rings. The number of unbranched alkanes of at least 4 members (excludes halogenated alkanes) is 6. The van der Waals surface area contributed by atoms with Crippen LogP contribution in [0.4, 0.5) is 0 Å². The molecular formula is C18H35Y3-3. The predicted molar refractivity (Wildman–Crippen MR) is 84.1 cm³/mol. The van der Waals surface area contributed by atoms with Gasteiger partial charge in [-0.05, 0) is 0 Å². The molecule has 0 fully saturated rings. The Labute approximate surface area is 211 Å². The van der Waals surface area contributed by atoms with Gasteiger partial charge >= 0.3 is 0 Å². The minimum Gasteiger partial charge on any atom is -0.331 e. The average Bonchev–Trinajstić information content (AvgIpc) is 2.38. The summed E-state index contributed by atoms with van der Waals surface area (Å²) in [5.74, 6) is 1.52. The van der Waals surface area contributed by atoms with Gasteiger partial charge in [0.05, 0.1) is 0 Å². The maximum Gasteiger partial charge on any atom is 0 e. The van der Waals surface area contributed by atoms with Gasteiger partial charge in [0.15, 0.2) is 0 Å². The first-order chi connectivity index (χ1) is 8.70. The van der Waals surface area contributed by atoms with Crippen LogP contribution in [0.25, 0.3) is 0 Å². The van der Waals surface area contributed by atoms with E-state index in [2.05, 4.69) is 47.0 Å². The maximum absolute atomic E-state index is 2.53. The third-order valence-corrected chi connectivity index (χ3v) is 3.61. The van der Waals surface area contributed by atoms with Crippen LogP contribution < -0.4 is 0 Å². The van der Waals surface area contributed by atoms with Gasteiger partial charge in [-0.15, -0.1) is 0 Å². The van der Waals surface area contributed by atoms with Crippen LogP contribution in [-0.4, -0.2) is 0 Å². The molecule has 0 N–H and O–H groups in total. The Hall–Kier alpha value is 3.31. The van der Waals surface area contributed by atoms with E-state index in [1.54, 1.807) is 0 Å². The van der Waals surface area contributed by atoms with Crippen LogP contribution in [0.15, 0.2) is 0 Å². The fraction of sp³-hybridized carbons (Fsp3) is 0.833. The molecule has 3 heteroatoms. The van der Waals surface area contributed by atoms with Crippen LogP contribution >= 0.6 is 0 Å². The minimum atomic E-state index is 0. The summed E-state index contributed by atoms with van der Waals surface area (Å²) in [4.78, 5) is 0. The smallest absolute Gasteiger partial charge is 0 e. The van der Waals surface area contributed by atoms with Crippen molar-refractivity contribution in [2.24, 2.45) is 11.8 Å². The largest absolute Gasteiger partial charge is 0.331 e. The summed E-state index contributed by atoms with van der Waals surface area (Å²) in [5.41, 5.74) is 0. The Morgan fingerprint density at radius 1 is 0.714 bits per heavy atom. The first-order valence-electron chi connectivity index (χ1n) is 8.19. The van der Waals surface area contributed by atoms with Crippen LogP contribution in [0.3, 0.4) is 0 Å². The third kappa shape index (κ3) is 25.7. The van der Waals surface area contributed by atoms with Crippen LogP contribution in [0.1, 0.15) is 85.5 Å². The van der Waals surface area contributed by atoms with Crippen molar-refractivity contribution in [1.29, 1.82) is 0 Å². The molecule has 119 valence electrons. The second-order valence-corrected chi connectivity index (χ2v) is 5.80. The Morgan fingerprint density at radius 2 is 1.29 bits per heavy atom. The molecule has 2 unspecified atom stereocenters. The van der Waals surface area contributed by atoms with Crippen molar-refractivity contribution in [3.8, 4) is 0 Å². The van der Waals surface area contributed by atoms with Gasteiger partial charge in [-0.1, -0.05) is 59.8 Å². The monoisotopic (exact) mass is 518 g/mol. The minimum absolute atomic E-state index is 0. The van der Waals surface area contributed by atoms with E-state index in [9.17, 15) is 0 Å². The number of rotatable bonds is 13. The average molecular weight is 518 g/mol. The number of hydrogen-bond acceptors (Lipinski definition) is 0. The summed E-state index contributed by atoms with van der Waals surface area (Å²) in [7, 11) is 0. The molecule has 0 amide bonds. The van der Waals surface area contributed by atoms with Crippen molar-refractivity contribution < 1.29 is 98.1 Å². The molecule has 0 saturated heterocycles. The fourth-order valence-electron chi connectivity index (χ4n) is 2.22. The van der Waals surface area contributed by atoms with Crippen molar-refractivity contribution in [1.82, 2.24) is 0 Å². The van der Waals surface area contributed by atoms with Crippen molar-refractivity contribution >= 4 is 0 Å². The van der Waals surface area contributed by atoms with E-state index in [0.717, 1.165) is 11.8 Å². The molecule has 0 rings (SSSR count). The molecule has 0 aromatic carbocycles. The molecule has 0 heterocycles. The van der Waals surface area contributed by atoms with Crippen molar-refractivity contribution in [2.75, 3.05) is 0 Å². The zero-order chi connectivity index (χ0) is 13.6. The first kappa shape index (κ1) is 32.0. The Balaban J connectivity index is -0.000000482. The van der Waals surface area contributed by atoms with E-state index in [1.165, 1.54) is 57.8 Å². The second-order valence-electron chi connectivity index (χ2n) is 5.80. The van der Waals surface area contributed by atoms with E-state index in [0.29, 0.717) is 0 Å². The summed E-state index contributed by atoms with van der Waals surface area (Å²) < 4.78 is 0. The number of hydrogen-bond donors (Lipinski definition) is 0. The normalized spacial score (nSPS) is 12.6. The van der Waals surface area contributed by atoms with Crippen molar-refractivity contribution in [3.05, 3.63) is 19.3 Å². The molecule has 3 radical (unpaired) electrons. The van der Waals surface area contributed by atoms with Gasteiger partial charge in [0.2, 0.25) is 0 Å². The standard InChI is InChI=1S/C18H35.3Y/c1-5-7-9-10-11-12-14-18(4)16-15-17(3)13-8-6-2;;;/h8,14-15,17-18H,5-7,9-13,16H2,1-4H3;;;/q-3;;;. The Morgan fingerprint density at radius 3 is 1.86 bits per heavy atom. The maximum atomic E-state index is 2.53. The summed E-state index contributed by atoms with van der Waals surface area (Å²) in [5, 5.41) is 0. The molecular weight excluding hydrogens is 483 g/mol. The summed E-state index contributed by atoms with van der Waals surface area (Å²) in [6.07, 6.45) is 19.4. The van der Waals surface area contributed by atoms with Gasteiger partial charge in [0.25, 0.3) is 0 Å². The molecule has 0 aromatic heterocycles. The molecule has 0 bridgehead atoms. The molecule has 0 spiro atoms. The van der Waals surface area contributed by atoms with Crippen LogP contribution in [-0.2, 0) is 98.1 Å². The van der Waals surface area contributed by atoms with Gasteiger partial charge < -0.3 is 19.3 Å². The van der Waals surface area contributed by atoms with Gasteiger partial charge in [0.1, 0.15) is 0 Å². The third-order valence-electron chi connectivity index (χ3n) is 3.61. The molecule has 2 atom stereocenters. The van der Waals surface area contributed by atoms with E-state index in [4.69, 9.17) is 0 Å². The zero-order valence-electron chi connectivity index (χ0n) is 15.0. The van der Waals surface area contributed by atoms with Crippen LogP contribution in [0, 0.1) is 31.1 Å². The summed E-state index contributed by atoms with van der Waals surface area (Å²) in [6, 6.07) is 0. The molecule has 0 nitrogen and oxygen atoms in total. The Bertz CT molecular complexity index is 163. The topological polar surface area (TPSA) is 0 Å². The van der Waals surface area contributed by atoms with Gasteiger partial charge in [0, 0.05) is 98.1 Å². The summed E-state index contributed by atoms with van der Waals surface area (Å²) >= 11 is 0. The van der Waals surface area contributed by atoms with Gasteiger partial charge in [-0.3, -0.25) is 0 Å². The second kappa shape index (κ2) is 25.6. The summed E-state index contributed by atoms with van der Waals surface area (Å²) in [6.45, 7) is 9.20. The SMILES string of the molecule is CC[CH-]CC(C)[CH-]CC(C)[CH-]CCCCCCC.[Y].[Y].[Y]. The van der Waals surface area contributed by atoms with Crippen LogP contribution in [0.5, 0.6) is 0 Å². The molecule has 0 aromatic rings. The van der Waals surface area contributed by atoms with Gasteiger partial charge in [-0.25, -0.2) is 12.8 Å². The fourth-order valence-corrected chi connectivity index (χ4v) is 2.22. The van der Waals surface area contributed by atoms with Gasteiger partial charge in [-0.2, -0.15) is 24.7 Å². The van der Waals surface area contributed by atoms with Crippen molar-refractivity contribution in [3.63, 3.8) is 0 Å². The molecule has 0 aliphatic carbocycles. The first-order valence-corrected chi connectivity index (χ1v) is 8.19. The van der Waals surface area contributed by atoms with E-state index < -0.39 is 0 Å². The zero-order valence-corrected chi connectivity index (χ0v) is 23.5. The molecule has 0 saturated carbocycles. The van der Waals surface area contributed by atoms with E-state index in [-0.39, 0.29) is 98.1 Å². The van der Waals surface area contributed by atoms with E-state index in [1.807, 2.05) is 0 Å². The quantitative estimate of drug-likeness (QED) is 0.195. The Kier molecular flexibility index (Phi) is 39.0.